The Bertz CT molecular complexity index is 3380. The lowest BCUT2D eigenvalue weighted by atomic mass is 9.61. The van der Waals surface area contributed by atoms with Crippen molar-refractivity contribution >= 4 is 50.6 Å². The van der Waals surface area contributed by atoms with Crippen molar-refractivity contribution in [2.45, 2.75) is 42.4 Å². The van der Waals surface area contributed by atoms with Gasteiger partial charge in [0.15, 0.2) is 0 Å². The molecule has 0 bridgehead atoms. The fourth-order valence-corrected chi connectivity index (χ4v) is 12.7. The number of para-hydroxylation sites is 4. The topological polar surface area (TPSA) is 8.17 Å². The van der Waals surface area contributed by atoms with Crippen molar-refractivity contribution in [2.24, 2.45) is 0 Å². The normalized spacial score (nSPS) is 17.5. The molecule has 0 fully saturated rings. The molecule has 4 aliphatic rings. The molecular formula is C58H42N2S. The van der Waals surface area contributed by atoms with E-state index in [0.717, 1.165) is 29.9 Å². The Morgan fingerprint density at radius 3 is 2.10 bits per heavy atom. The van der Waals surface area contributed by atoms with Gasteiger partial charge in [0.2, 0.25) is 0 Å². The molecule has 1 atom stereocenters. The minimum Gasteiger partial charge on any atom is -0.310 e. The van der Waals surface area contributed by atoms with Crippen LogP contribution in [0.25, 0.3) is 49.7 Å². The molecule has 13 rings (SSSR count). The van der Waals surface area contributed by atoms with Crippen molar-refractivity contribution in [3.63, 3.8) is 0 Å². The molecule has 61 heavy (non-hydrogen) atoms. The predicted molar refractivity (Wildman–Crippen MR) is 256 cm³/mol. The molecule has 3 heterocycles. The third kappa shape index (κ3) is 4.70. The smallest absolute Gasteiger partial charge is 0.0761 e. The Morgan fingerprint density at radius 1 is 0.541 bits per heavy atom. The molecule has 0 saturated carbocycles. The van der Waals surface area contributed by atoms with Crippen molar-refractivity contribution in [3.05, 3.63) is 232 Å². The second-order valence-electron chi connectivity index (χ2n) is 17.5. The third-order valence-electron chi connectivity index (χ3n) is 14.1. The zero-order chi connectivity index (χ0) is 40.5. The molecule has 1 spiro atoms. The number of hydrogen-bond acceptors (Lipinski definition) is 2. The first-order valence-electron chi connectivity index (χ1n) is 21.6. The average molecular weight is 799 g/mol. The molecule has 0 radical (unpaired) electrons. The Labute approximate surface area is 361 Å². The van der Waals surface area contributed by atoms with Crippen LogP contribution in [0.1, 0.15) is 54.5 Å². The van der Waals surface area contributed by atoms with Crippen LogP contribution in [-0.2, 0) is 10.8 Å². The van der Waals surface area contributed by atoms with Crippen LogP contribution >= 0.6 is 11.8 Å². The van der Waals surface area contributed by atoms with Crippen LogP contribution in [0.15, 0.2) is 210 Å². The van der Waals surface area contributed by atoms with Gasteiger partial charge in [-0.15, -0.1) is 0 Å². The summed E-state index contributed by atoms with van der Waals surface area (Å²) in [6.45, 7) is 4.76. The number of anilines is 3. The molecule has 0 amide bonds. The lowest BCUT2D eigenvalue weighted by Gasteiger charge is -2.47. The lowest BCUT2D eigenvalue weighted by Crippen LogP contribution is -2.38. The maximum absolute atomic E-state index is 2.55. The molecule has 1 aromatic heterocycles. The van der Waals surface area contributed by atoms with Crippen molar-refractivity contribution in [3.8, 4) is 27.9 Å². The molecule has 2 aliphatic carbocycles. The minimum absolute atomic E-state index is 0.137. The van der Waals surface area contributed by atoms with Crippen LogP contribution in [0.2, 0.25) is 0 Å². The van der Waals surface area contributed by atoms with E-state index in [2.05, 4.69) is 217 Å². The molecular weight excluding hydrogens is 757 g/mol. The number of allylic oxidation sites excluding steroid dienone is 4. The van der Waals surface area contributed by atoms with Crippen LogP contribution in [0.3, 0.4) is 0 Å². The molecule has 0 saturated heterocycles. The summed E-state index contributed by atoms with van der Waals surface area (Å²) in [4.78, 5) is 5.34. The summed E-state index contributed by atoms with van der Waals surface area (Å²) in [5.41, 5.74) is 19.9. The SMILES string of the molecule is CC1(C)c2ccccc2-c2ccc(N(c3ccc4c(c3)C3(C5=C(CCC=C5)S4)c4ccccc4-n4c5ccccc5c5cccc3c54)c3ccccc3-c3ccccc3)cc21. The summed E-state index contributed by atoms with van der Waals surface area (Å²) in [6.07, 6.45) is 6.99. The number of benzene rings is 8. The van der Waals surface area contributed by atoms with E-state index in [0.29, 0.717) is 0 Å². The summed E-state index contributed by atoms with van der Waals surface area (Å²) in [7, 11) is 0. The summed E-state index contributed by atoms with van der Waals surface area (Å²) >= 11 is 1.98. The fourth-order valence-electron chi connectivity index (χ4n) is 11.5. The monoisotopic (exact) mass is 798 g/mol. The highest BCUT2D eigenvalue weighted by Gasteiger charge is 2.50. The van der Waals surface area contributed by atoms with Gasteiger partial charge in [-0.3, -0.25) is 0 Å². The molecule has 1 unspecified atom stereocenters. The summed E-state index contributed by atoms with van der Waals surface area (Å²) in [5.74, 6) is 0. The van der Waals surface area contributed by atoms with Gasteiger partial charge in [-0.2, -0.15) is 0 Å². The molecule has 0 N–H and O–H groups in total. The molecule has 2 nitrogen and oxygen atoms in total. The largest absolute Gasteiger partial charge is 0.310 e. The Balaban J connectivity index is 1.12. The maximum Gasteiger partial charge on any atom is 0.0761 e. The van der Waals surface area contributed by atoms with E-state index >= 15 is 0 Å². The third-order valence-corrected chi connectivity index (χ3v) is 15.3. The van der Waals surface area contributed by atoms with Gasteiger partial charge in [0.1, 0.15) is 0 Å². The summed E-state index contributed by atoms with van der Waals surface area (Å²) in [5, 5.41) is 2.60. The quantitative estimate of drug-likeness (QED) is 0.175. The second-order valence-corrected chi connectivity index (χ2v) is 18.6. The van der Waals surface area contributed by atoms with Crippen LogP contribution < -0.4 is 4.90 Å². The van der Waals surface area contributed by atoms with E-state index in [1.54, 1.807) is 0 Å². The number of nitrogens with zero attached hydrogens (tertiary/aromatic N) is 2. The Kier molecular flexibility index (Phi) is 7.37. The Hall–Kier alpha value is -6.81. The first-order valence-corrected chi connectivity index (χ1v) is 22.4. The standard InChI is InChI=1S/C58H42N2S/c1-57(2)45-23-9-6-20-41(45)42-33-31-38(35-49(42)57)59(51-27-12-7-19-40(51)37-17-4-3-5-18-37)39-32-34-55-50(36-39)58(47-25-11-15-30-54(47)61-55)46-24-10-14-29-53(46)60-52-28-13-8-21-43(52)44-22-16-26-48(58)56(44)60/h3-14,16-29,31-36H,15,30H2,1-2H3. The highest BCUT2D eigenvalue weighted by molar-refractivity contribution is 8.03. The van der Waals surface area contributed by atoms with Crippen molar-refractivity contribution in [1.82, 2.24) is 4.57 Å². The van der Waals surface area contributed by atoms with Gasteiger partial charge in [0, 0.05) is 38.0 Å². The van der Waals surface area contributed by atoms with Crippen molar-refractivity contribution in [1.29, 1.82) is 0 Å². The Morgan fingerprint density at radius 2 is 1.21 bits per heavy atom. The second kappa shape index (κ2) is 12.8. The van der Waals surface area contributed by atoms with Gasteiger partial charge in [-0.25, -0.2) is 0 Å². The highest BCUT2D eigenvalue weighted by atomic mass is 32.2. The van der Waals surface area contributed by atoms with Crippen LogP contribution in [0.4, 0.5) is 17.1 Å². The number of fused-ring (bicyclic) bond motifs is 13. The lowest BCUT2D eigenvalue weighted by molar-refractivity contribution is 0.660. The first kappa shape index (κ1) is 35.0. The summed E-state index contributed by atoms with van der Waals surface area (Å²) < 4.78 is 2.55. The molecule has 9 aromatic rings. The van der Waals surface area contributed by atoms with Gasteiger partial charge >= 0.3 is 0 Å². The van der Waals surface area contributed by atoms with E-state index in [1.165, 1.54) is 92.9 Å². The number of rotatable bonds is 4. The van der Waals surface area contributed by atoms with Crippen molar-refractivity contribution in [2.75, 3.05) is 4.90 Å². The first-order chi connectivity index (χ1) is 30.0. The van der Waals surface area contributed by atoms with Gasteiger partial charge in [-0.05, 0) is 116 Å². The number of aromatic nitrogens is 1. The van der Waals surface area contributed by atoms with Gasteiger partial charge in [0.25, 0.3) is 0 Å². The van der Waals surface area contributed by atoms with E-state index in [9.17, 15) is 0 Å². The van der Waals surface area contributed by atoms with Crippen LogP contribution in [-0.4, -0.2) is 4.57 Å². The molecule has 3 heteroatoms. The van der Waals surface area contributed by atoms with E-state index in [4.69, 9.17) is 0 Å². The average Bonchev–Trinajstić information content (AvgIpc) is 3.77. The van der Waals surface area contributed by atoms with Crippen molar-refractivity contribution < 1.29 is 0 Å². The van der Waals surface area contributed by atoms with Gasteiger partial charge in [0.05, 0.1) is 27.8 Å². The predicted octanol–water partition coefficient (Wildman–Crippen LogP) is 15.6. The molecule has 8 aromatic carbocycles. The highest BCUT2D eigenvalue weighted by Crippen LogP contribution is 2.62. The van der Waals surface area contributed by atoms with Crippen LogP contribution in [0.5, 0.6) is 0 Å². The number of thioether (sulfide) groups is 1. The van der Waals surface area contributed by atoms with Crippen LogP contribution in [0, 0.1) is 0 Å². The van der Waals surface area contributed by atoms with Gasteiger partial charge < -0.3 is 9.47 Å². The summed E-state index contributed by atoms with van der Waals surface area (Å²) in [6, 6.07) is 68.6. The zero-order valence-corrected chi connectivity index (χ0v) is 35.0. The minimum atomic E-state index is -0.532. The molecule has 290 valence electrons. The molecule has 2 aliphatic heterocycles. The van der Waals surface area contributed by atoms with E-state index < -0.39 is 5.41 Å². The number of hydrogen-bond donors (Lipinski definition) is 0. The van der Waals surface area contributed by atoms with E-state index in [1.807, 2.05) is 11.8 Å². The van der Waals surface area contributed by atoms with Gasteiger partial charge in [-0.1, -0.05) is 171 Å². The fraction of sp³-hybridized carbons (Fsp3) is 0.103. The van der Waals surface area contributed by atoms with E-state index in [-0.39, 0.29) is 5.41 Å². The maximum atomic E-state index is 2.55. The zero-order valence-electron chi connectivity index (χ0n) is 34.2.